The van der Waals surface area contributed by atoms with Gasteiger partial charge in [0, 0.05) is 37.1 Å². The molecule has 1 aliphatic heterocycles. The van der Waals surface area contributed by atoms with Gasteiger partial charge in [0.25, 0.3) is 0 Å². The fourth-order valence-corrected chi connectivity index (χ4v) is 3.59. The van der Waals surface area contributed by atoms with Gasteiger partial charge in [0.2, 0.25) is 11.9 Å². The molecule has 0 radical (unpaired) electrons. The molecular formula is C15H20N4OS. The van der Waals surface area contributed by atoms with E-state index in [2.05, 4.69) is 22.5 Å². The van der Waals surface area contributed by atoms with Crippen molar-refractivity contribution in [1.82, 2.24) is 14.9 Å². The second-order valence-electron chi connectivity index (χ2n) is 5.15. The molecule has 1 fully saturated rings. The van der Waals surface area contributed by atoms with Gasteiger partial charge in [-0.25, -0.2) is 4.98 Å². The number of nitrogens with zero attached hydrogens (tertiary/aromatic N) is 2. The summed E-state index contributed by atoms with van der Waals surface area (Å²) in [5, 5.41) is 6.34. The second-order valence-corrected chi connectivity index (χ2v) is 6.30. The number of thioether (sulfide) groups is 1. The van der Waals surface area contributed by atoms with E-state index in [1.807, 2.05) is 40.6 Å². The number of imidazole rings is 1. The van der Waals surface area contributed by atoms with E-state index in [9.17, 15) is 4.79 Å². The first kappa shape index (κ1) is 14.4. The van der Waals surface area contributed by atoms with Gasteiger partial charge in [-0.2, -0.15) is 11.8 Å². The van der Waals surface area contributed by atoms with Gasteiger partial charge in [-0.3, -0.25) is 10.1 Å². The Hall–Kier alpha value is -1.53. The molecule has 2 N–H and O–H groups in total. The molecule has 3 rings (SSSR count). The largest absolute Gasteiger partial charge is 0.312 e. The maximum absolute atomic E-state index is 12.2. The fraction of sp³-hybridized carbons (Fsp3) is 0.467. The summed E-state index contributed by atoms with van der Waals surface area (Å²) in [6, 6.07) is 8.22. The van der Waals surface area contributed by atoms with Gasteiger partial charge in [-0.1, -0.05) is 12.1 Å². The predicted molar refractivity (Wildman–Crippen MR) is 87.8 cm³/mol. The van der Waals surface area contributed by atoms with Gasteiger partial charge >= 0.3 is 0 Å². The molecule has 5 nitrogen and oxygen atoms in total. The minimum absolute atomic E-state index is 0.0278. The van der Waals surface area contributed by atoms with Crippen molar-refractivity contribution < 1.29 is 4.79 Å². The summed E-state index contributed by atoms with van der Waals surface area (Å²) < 4.78 is 2.04. The molecule has 0 saturated carbocycles. The molecule has 1 saturated heterocycles. The van der Waals surface area contributed by atoms with Crippen LogP contribution in [0.3, 0.4) is 0 Å². The number of hydrogen-bond acceptors (Lipinski definition) is 4. The molecule has 1 aliphatic rings. The Morgan fingerprint density at radius 3 is 3.14 bits per heavy atom. The number of fused-ring (bicyclic) bond motifs is 1. The molecule has 0 bridgehead atoms. The van der Waals surface area contributed by atoms with Crippen LogP contribution in [0.25, 0.3) is 11.0 Å². The highest BCUT2D eigenvalue weighted by Crippen LogP contribution is 2.19. The number of benzene rings is 1. The summed E-state index contributed by atoms with van der Waals surface area (Å²) in [5.74, 6) is 2.80. The highest BCUT2D eigenvalue weighted by atomic mass is 32.2. The van der Waals surface area contributed by atoms with Crippen LogP contribution in [-0.2, 0) is 11.3 Å². The summed E-state index contributed by atoms with van der Waals surface area (Å²) >= 11 is 1.90. The van der Waals surface area contributed by atoms with Crippen LogP contribution in [0.2, 0.25) is 0 Å². The quantitative estimate of drug-likeness (QED) is 0.908. The van der Waals surface area contributed by atoms with Crippen LogP contribution in [0.1, 0.15) is 13.3 Å². The summed E-state index contributed by atoms with van der Waals surface area (Å²) in [4.78, 5) is 16.7. The number of carbonyl (C=O) groups excluding carboxylic acids is 1. The third-order valence-corrected chi connectivity index (χ3v) is 4.78. The average molecular weight is 304 g/mol. The van der Waals surface area contributed by atoms with Crippen molar-refractivity contribution in [3.05, 3.63) is 24.3 Å². The van der Waals surface area contributed by atoms with Crippen molar-refractivity contribution in [2.75, 3.05) is 23.4 Å². The molecule has 0 aliphatic carbocycles. The number of aryl methyl sites for hydroxylation is 1. The van der Waals surface area contributed by atoms with E-state index in [0.29, 0.717) is 12.4 Å². The minimum atomic E-state index is 0.0278. The molecule has 1 unspecified atom stereocenters. The summed E-state index contributed by atoms with van der Waals surface area (Å²) in [6.45, 7) is 3.83. The van der Waals surface area contributed by atoms with Crippen molar-refractivity contribution in [3.63, 3.8) is 0 Å². The van der Waals surface area contributed by atoms with E-state index in [4.69, 9.17) is 0 Å². The molecule has 2 heterocycles. The van der Waals surface area contributed by atoms with Crippen molar-refractivity contribution in [2.45, 2.75) is 25.9 Å². The zero-order valence-electron chi connectivity index (χ0n) is 12.1. The molecule has 21 heavy (non-hydrogen) atoms. The Morgan fingerprint density at radius 1 is 1.52 bits per heavy atom. The maximum Gasteiger partial charge on any atom is 0.228 e. The molecule has 6 heteroatoms. The summed E-state index contributed by atoms with van der Waals surface area (Å²) in [6.07, 6.45) is 0.500. The number of para-hydroxylation sites is 2. The number of aromatic nitrogens is 2. The molecule has 1 aromatic heterocycles. The van der Waals surface area contributed by atoms with Crippen LogP contribution >= 0.6 is 11.8 Å². The summed E-state index contributed by atoms with van der Waals surface area (Å²) in [5.41, 5.74) is 1.97. The van der Waals surface area contributed by atoms with Crippen molar-refractivity contribution in [2.24, 2.45) is 0 Å². The van der Waals surface area contributed by atoms with Gasteiger partial charge in [0.05, 0.1) is 11.0 Å². The fourth-order valence-electron chi connectivity index (χ4n) is 2.64. The zero-order valence-corrected chi connectivity index (χ0v) is 12.9. The Bertz CT molecular complexity index is 634. The number of hydrogen-bond donors (Lipinski definition) is 2. The molecule has 1 atom stereocenters. The molecule has 1 amide bonds. The van der Waals surface area contributed by atoms with Crippen LogP contribution in [0, 0.1) is 0 Å². The van der Waals surface area contributed by atoms with E-state index in [1.165, 1.54) is 0 Å². The molecule has 112 valence electrons. The van der Waals surface area contributed by atoms with Crippen LogP contribution in [0.15, 0.2) is 24.3 Å². The lowest BCUT2D eigenvalue weighted by Gasteiger charge is -2.22. The van der Waals surface area contributed by atoms with Crippen LogP contribution in [-0.4, -0.2) is 39.6 Å². The van der Waals surface area contributed by atoms with Crippen LogP contribution in [0.4, 0.5) is 5.95 Å². The second kappa shape index (κ2) is 6.49. The lowest BCUT2D eigenvalue weighted by atomic mass is 10.2. The van der Waals surface area contributed by atoms with Gasteiger partial charge in [-0.15, -0.1) is 0 Å². The van der Waals surface area contributed by atoms with Gasteiger partial charge in [-0.05, 0) is 19.1 Å². The van der Waals surface area contributed by atoms with Crippen molar-refractivity contribution in [3.8, 4) is 0 Å². The maximum atomic E-state index is 12.2. The Kier molecular flexibility index (Phi) is 4.45. The van der Waals surface area contributed by atoms with E-state index in [-0.39, 0.29) is 11.9 Å². The lowest BCUT2D eigenvalue weighted by molar-refractivity contribution is -0.116. The molecule has 0 spiro atoms. The zero-order chi connectivity index (χ0) is 14.7. The Morgan fingerprint density at radius 2 is 2.38 bits per heavy atom. The number of nitrogens with one attached hydrogen (secondary N) is 2. The average Bonchev–Trinajstić information content (AvgIpc) is 2.85. The first-order chi connectivity index (χ1) is 10.3. The Balaban J connectivity index is 1.73. The lowest BCUT2D eigenvalue weighted by Crippen LogP contribution is -2.40. The third kappa shape index (κ3) is 3.22. The SMILES string of the molecule is CCn1c(NC(=O)CC2CSCCN2)nc2ccccc21. The summed E-state index contributed by atoms with van der Waals surface area (Å²) in [7, 11) is 0. The smallest absolute Gasteiger partial charge is 0.228 e. The highest BCUT2D eigenvalue weighted by Gasteiger charge is 2.18. The van der Waals surface area contributed by atoms with Gasteiger partial charge < -0.3 is 9.88 Å². The normalized spacial score (nSPS) is 18.8. The van der Waals surface area contributed by atoms with E-state index >= 15 is 0 Å². The molecule has 1 aromatic carbocycles. The van der Waals surface area contributed by atoms with Crippen LogP contribution in [0.5, 0.6) is 0 Å². The monoisotopic (exact) mass is 304 g/mol. The van der Waals surface area contributed by atoms with E-state index < -0.39 is 0 Å². The standard InChI is InChI=1S/C15H20N4OS/c1-2-19-13-6-4-3-5-12(13)17-15(19)18-14(20)9-11-10-21-8-7-16-11/h3-6,11,16H,2,7-10H2,1H3,(H,17,18,20). The number of amides is 1. The molecular weight excluding hydrogens is 284 g/mol. The first-order valence-corrected chi connectivity index (χ1v) is 8.49. The van der Waals surface area contributed by atoms with Gasteiger partial charge in [0.1, 0.15) is 0 Å². The Labute approximate surface area is 128 Å². The number of carbonyl (C=O) groups is 1. The number of rotatable bonds is 4. The van der Waals surface area contributed by atoms with E-state index in [0.717, 1.165) is 35.6 Å². The third-order valence-electron chi connectivity index (χ3n) is 3.65. The first-order valence-electron chi connectivity index (χ1n) is 7.34. The van der Waals surface area contributed by atoms with Crippen molar-refractivity contribution in [1.29, 1.82) is 0 Å². The predicted octanol–water partition coefficient (Wildman–Crippen LogP) is 2.09. The van der Waals surface area contributed by atoms with Crippen LogP contribution < -0.4 is 10.6 Å². The highest BCUT2D eigenvalue weighted by molar-refractivity contribution is 7.99. The van der Waals surface area contributed by atoms with Gasteiger partial charge in [0.15, 0.2) is 0 Å². The topological polar surface area (TPSA) is 59.0 Å². The van der Waals surface area contributed by atoms with Crippen molar-refractivity contribution >= 4 is 34.7 Å². The minimum Gasteiger partial charge on any atom is -0.312 e. The number of anilines is 1. The molecule has 2 aromatic rings. The van der Waals surface area contributed by atoms with E-state index in [1.54, 1.807) is 0 Å².